The Kier molecular flexibility index (Phi) is 3.78. The number of anilines is 1. The van der Waals surface area contributed by atoms with E-state index in [1.165, 1.54) is 11.3 Å². The Hall–Kier alpha value is -2.09. The molecule has 0 aliphatic carbocycles. The molecule has 0 amide bonds. The molecule has 3 nitrogen and oxygen atoms in total. The van der Waals surface area contributed by atoms with Gasteiger partial charge in [-0.1, -0.05) is 11.6 Å². The first kappa shape index (κ1) is 13.9. The molecule has 21 heavy (non-hydrogen) atoms. The Labute approximate surface area is 131 Å². The van der Waals surface area contributed by atoms with Crippen molar-refractivity contribution in [1.82, 2.24) is 4.98 Å². The number of aryl methyl sites for hydroxylation is 1. The number of hydrogen-bond acceptors (Lipinski definition) is 4. The van der Waals surface area contributed by atoms with Gasteiger partial charge in [-0.15, -0.1) is 11.3 Å². The SMILES string of the molecule is Cc1cc(Cl)c(NCc2ccc(C#N)s2)c2cccnc12. The van der Waals surface area contributed by atoms with Crippen molar-refractivity contribution in [2.45, 2.75) is 13.5 Å². The van der Waals surface area contributed by atoms with Gasteiger partial charge >= 0.3 is 0 Å². The smallest absolute Gasteiger partial charge is 0.110 e. The van der Waals surface area contributed by atoms with E-state index in [0.29, 0.717) is 16.4 Å². The van der Waals surface area contributed by atoms with Gasteiger partial charge in [0.05, 0.1) is 16.2 Å². The maximum atomic E-state index is 8.86. The summed E-state index contributed by atoms with van der Waals surface area (Å²) in [6, 6.07) is 11.8. The van der Waals surface area contributed by atoms with Gasteiger partial charge in [-0.05, 0) is 42.8 Å². The van der Waals surface area contributed by atoms with Crippen LogP contribution in [0, 0.1) is 18.3 Å². The molecule has 2 aromatic heterocycles. The van der Waals surface area contributed by atoms with Crippen LogP contribution < -0.4 is 5.32 Å². The number of benzene rings is 1. The Morgan fingerprint density at radius 2 is 2.24 bits per heavy atom. The van der Waals surface area contributed by atoms with Crippen LogP contribution in [0.4, 0.5) is 5.69 Å². The van der Waals surface area contributed by atoms with E-state index >= 15 is 0 Å². The Bertz CT molecular complexity index is 848. The topological polar surface area (TPSA) is 48.7 Å². The lowest BCUT2D eigenvalue weighted by molar-refractivity contribution is 1.20. The van der Waals surface area contributed by atoms with Crippen LogP contribution in [0.15, 0.2) is 36.5 Å². The van der Waals surface area contributed by atoms with Gasteiger partial charge in [-0.2, -0.15) is 5.26 Å². The van der Waals surface area contributed by atoms with E-state index in [2.05, 4.69) is 16.4 Å². The quantitative estimate of drug-likeness (QED) is 0.759. The summed E-state index contributed by atoms with van der Waals surface area (Å²) >= 11 is 7.85. The summed E-state index contributed by atoms with van der Waals surface area (Å²) in [5.74, 6) is 0. The van der Waals surface area contributed by atoms with Crippen LogP contribution in [0.25, 0.3) is 10.9 Å². The second-order valence-electron chi connectivity index (χ2n) is 4.68. The number of nitrogens with one attached hydrogen (secondary N) is 1. The number of nitrogens with zero attached hydrogens (tertiary/aromatic N) is 2. The molecule has 3 rings (SSSR count). The molecule has 0 unspecified atom stereocenters. The minimum atomic E-state index is 0.638. The third kappa shape index (κ3) is 2.71. The maximum absolute atomic E-state index is 8.86. The van der Waals surface area contributed by atoms with Crippen molar-refractivity contribution in [1.29, 1.82) is 5.26 Å². The monoisotopic (exact) mass is 313 g/mol. The number of pyridine rings is 1. The second-order valence-corrected chi connectivity index (χ2v) is 6.26. The molecule has 0 radical (unpaired) electrons. The third-order valence-electron chi connectivity index (χ3n) is 3.24. The molecule has 0 aliphatic rings. The van der Waals surface area contributed by atoms with Gasteiger partial charge in [-0.25, -0.2) is 0 Å². The molecule has 3 aromatic rings. The van der Waals surface area contributed by atoms with E-state index in [9.17, 15) is 0 Å². The summed E-state index contributed by atoms with van der Waals surface area (Å²) in [5.41, 5.74) is 2.90. The standard InChI is InChI=1S/C16H12ClN3S/c1-10-7-14(17)16(13-3-2-6-19-15(10)13)20-9-12-5-4-11(8-18)21-12/h2-7,20H,9H2,1H3. The van der Waals surface area contributed by atoms with E-state index in [4.69, 9.17) is 16.9 Å². The molecule has 5 heteroatoms. The van der Waals surface area contributed by atoms with E-state index in [0.717, 1.165) is 27.0 Å². The van der Waals surface area contributed by atoms with Crippen molar-refractivity contribution in [3.05, 3.63) is 56.9 Å². The second kappa shape index (κ2) is 5.72. The molecular formula is C16H12ClN3S. The molecule has 0 atom stereocenters. The molecule has 1 aromatic carbocycles. The summed E-state index contributed by atoms with van der Waals surface area (Å²) in [4.78, 5) is 6.23. The fraction of sp³-hybridized carbons (Fsp3) is 0.125. The zero-order chi connectivity index (χ0) is 14.8. The normalized spacial score (nSPS) is 10.5. The van der Waals surface area contributed by atoms with Gasteiger partial charge in [-0.3, -0.25) is 4.98 Å². The molecule has 0 aliphatic heterocycles. The van der Waals surface area contributed by atoms with Crippen molar-refractivity contribution >= 4 is 39.5 Å². The molecule has 0 spiro atoms. The first-order valence-electron chi connectivity index (χ1n) is 6.45. The average molecular weight is 314 g/mol. The van der Waals surface area contributed by atoms with Gasteiger partial charge in [0.25, 0.3) is 0 Å². The van der Waals surface area contributed by atoms with Crippen LogP contribution in [-0.4, -0.2) is 4.98 Å². The number of nitriles is 1. The highest BCUT2D eigenvalue weighted by atomic mass is 35.5. The van der Waals surface area contributed by atoms with Crippen LogP contribution in [0.2, 0.25) is 5.02 Å². The molecule has 0 bridgehead atoms. The predicted molar refractivity (Wildman–Crippen MR) is 87.9 cm³/mol. The number of rotatable bonds is 3. The lowest BCUT2D eigenvalue weighted by Crippen LogP contribution is -2.00. The molecule has 104 valence electrons. The van der Waals surface area contributed by atoms with Crippen molar-refractivity contribution in [2.24, 2.45) is 0 Å². The first-order valence-corrected chi connectivity index (χ1v) is 7.65. The summed E-state index contributed by atoms with van der Waals surface area (Å²) in [6.45, 7) is 2.64. The Morgan fingerprint density at radius 1 is 1.38 bits per heavy atom. The lowest BCUT2D eigenvalue weighted by Gasteiger charge is -2.12. The average Bonchev–Trinajstić information content (AvgIpc) is 2.95. The van der Waals surface area contributed by atoms with Crippen LogP contribution in [0.1, 0.15) is 15.3 Å². The highest BCUT2D eigenvalue weighted by molar-refractivity contribution is 7.12. The Balaban J connectivity index is 1.95. The molecule has 1 N–H and O–H groups in total. The van der Waals surface area contributed by atoms with Crippen LogP contribution in [0.5, 0.6) is 0 Å². The number of thiophene rings is 1. The highest BCUT2D eigenvalue weighted by Gasteiger charge is 2.10. The van der Waals surface area contributed by atoms with Crippen LogP contribution in [0.3, 0.4) is 0 Å². The van der Waals surface area contributed by atoms with Gasteiger partial charge in [0.2, 0.25) is 0 Å². The van der Waals surface area contributed by atoms with Crippen molar-refractivity contribution in [3.63, 3.8) is 0 Å². The largest absolute Gasteiger partial charge is 0.378 e. The molecule has 0 saturated heterocycles. The predicted octanol–water partition coefficient (Wildman–Crippen LogP) is 4.74. The summed E-state index contributed by atoms with van der Waals surface area (Å²) in [7, 11) is 0. The number of halogens is 1. The summed E-state index contributed by atoms with van der Waals surface area (Å²) in [5, 5.41) is 13.9. The zero-order valence-corrected chi connectivity index (χ0v) is 12.9. The highest BCUT2D eigenvalue weighted by Crippen LogP contribution is 2.33. The zero-order valence-electron chi connectivity index (χ0n) is 11.4. The van der Waals surface area contributed by atoms with Gasteiger partial charge in [0.15, 0.2) is 0 Å². The van der Waals surface area contributed by atoms with E-state index in [1.807, 2.05) is 37.3 Å². The maximum Gasteiger partial charge on any atom is 0.110 e. The number of hydrogen-bond donors (Lipinski definition) is 1. The summed E-state index contributed by atoms with van der Waals surface area (Å²) in [6.07, 6.45) is 1.78. The number of fused-ring (bicyclic) bond motifs is 1. The third-order valence-corrected chi connectivity index (χ3v) is 4.53. The van der Waals surface area contributed by atoms with Crippen LogP contribution in [-0.2, 0) is 6.54 Å². The van der Waals surface area contributed by atoms with Crippen molar-refractivity contribution < 1.29 is 0 Å². The van der Waals surface area contributed by atoms with E-state index < -0.39 is 0 Å². The molecular weight excluding hydrogens is 302 g/mol. The fourth-order valence-electron chi connectivity index (χ4n) is 2.27. The van der Waals surface area contributed by atoms with Crippen molar-refractivity contribution in [2.75, 3.05) is 5.32 Å². The van der Waals surface area contributed by atoms with Gasteiger partial charge in [0.1, 0.15) is 10.9 Å². The first-order chi connectivity index (χ1) is 10.2. The molecule has 0 fully saturated rings. The molecule has 0 saturated carbocycles. The number of aromatic nitrogens is 1. The Morgan fingerprint density at radius 3 is 3.00 bits per heavy atom. The van der Waals surface area contributed by atoms with E-state index in [-0.39, 0.29) is 0 Å². The lowest BCUT2D eigenvalue weighted by atomic mass is 10.1. The van der Waals surface area contributed by atoms with Crippen molar-refractivity contribution in [3.8, 4) is 6.07 Å². The van der Waals surface area contributed by atoms with Crippen LogP contribution >= 0.6 is 22.9 Å². The van der Waals surface area contributed by atoms with Gasteiger partial charge in [0, 0.05) is 23.0 Å². The van der Waals surface area contributed by atoms with E-state index in [1.54, 1.807) is 6.20 Å². The molecule has 2 heterocycles. The van der Waals surface area contributed by atoms with Gasteiger partial charge < -0.3 is 5.32 Å². The summed E-state index contributed by atoms with van der Waals surface area (Å²) < 4.78 is 0. The minimum absolute atomic E-state index is 0.638. The fourth-order valence-corrected chi connectivity index (χ4v) is 3.35. The minimum Gasteiger partial charge on any atom is -0.378 e.